The number of carbonyl (C=O) groups is 3. The molecule has 112 valence electrons. The molecule has 2 amide bonds. The Kier molecular flexibility index (Phi) is 4.35. The summed E-state index contributed by atoms with van der Waals surface area (Å²) in [5, 5.41) is 4.94. The van der Waals surface area contributed by atoms with Crippen LogP contribution < -0.4 is 10.6 Å². The number of anilines is 1. The number of aldehydes is 1. The molecule has 1 fully saturated rings. The highest BCUT2D eigenvalue weighted by molar-refractivity contribution is 5.81. The van der Waals surface area contributed by atoms with E-state index in [9.17, 15) is 18.8 Å². The predicted molar refractivity (Wildman–Crippen MR) is 75.3 cm³/mol. The Labute approximate surface area is 121 Å². The van der Waals surface area contributed by atoms with Gasteiger partial charge in [-0.3, -0.25) is 9.59 Å². The van der Waals surface area contributed by atoms with Crippen molar-refractivity contribution >= 4 is 24.3 Å². The number of hydrogen-bond acceptors (Lipinski definition) is 3. The number of amides is 2. The fraction of sp³-hybridized carbons (Fsp3) is 0.400. The van der Waals surface area contributed by atoms with Crippen LogP contribution in [0.2, 0.25) is 0 Å². The van der Waals surface area contributed by atoms with Crippen LogP contribution >= 0.6 is 0 Å². The molecule has 1 aromatic rings. The van der Waals surface area contributed by atoms with Gasteiger partial charge in [0.25, 0.3) is 0 Å². The minimum Gasteiger partial charge on any atom is -0.346 e. The monoisotopic (exact) mass is 292 g/mol. The van der Waals surface area contributed by atoms with Crippen LogP contribution in [0.4, 0.5) is 10.1 Å². The molecule has 0 aromatic heterocycles. The summed E-state index contributed by atoms with van der Waals surface area (Å²) in [7, 11) is 0. The van der Waals surface area contributed by atoms with Crippen LogP contribution in [0, 0.1) is 5.82 Å². The largest absolute Gasteiger partial charge is 0.346 e. The number of halogens is 1. The van der Waals surface area contributed by atoms with Gasteiger partial charge < -0.3 is 15.4 Å². The van der Waals surface area contributed by atoms with Gasteiger partial charge in [-0.15, -0.1) is 0 Å². The molecule has 1 aliphatic rings. The van der Waals surface area contributed by atoms with Gasteiger partial charge in [0.05, 0.1) is 11.7 Å². The maximum atomic E-state index is 13.9. The van der Waals surface area contributed by atoms with Crippen molar-refractivity contribution in [3.8, 4) is 0 Å². The molecular formula is C15H17FN2O3. The van der Waals surface area contributed by atoms with E-state index in [1.807, 2.05) is 0 Å². The van der Waals surface area contributed by atoms with Crippen molar-refractivity contribution in [3.63, 3.8) is 0 Å². The van der Waals surface area contributed by atoms with Crippen LogP contribution in [0.3, 0.4) is 0 Å². The Morgan fingerprint density at radius 2 is 2.14 bits per heavy atom. The molecule has 1 aromatic carbocycles. The highest BCUT2D eigenvalue weighted by atomic mass is 19.1. The lowest BCUT2D eigenvalue weighted by Crippen LogP contribution is -2.44. The number of carbonyl (C=O) groups excluding carboxylic acids is 3. The average Bonchev–Trinajstić information content (AvgIpc) is 3.28. The Morgan fingerprint density at radius 1 is 1.43 bits per heavy atom. The predicted octanol–water partition coefficient (Wildman–Crippen LogP) is 1.52. The first-order valence-corrected chi connectivity index (χ1v) is 6.82. The van der Waals surface area contributed by atoms with Gasteiger partial charge >= 0.3 is 0 Å². The van der Waals surface area contributed by atoms with E-state index in [0.29, 0.717) is 31.1 Å². The molecule has 0 heterocycles. The topological polar surface area (TPSA) is 75.3 Å². The number of nitrogens with one attached hydrogen (secondary N) is 2. The lowest BCUT2D eigenvalue weighted by molar-refractivity contribution is -0.124. The molecule has 6 heteroatoms. The third-order valence-electron chi connectivity index (χ3n) is 3.92. The van der Waals surface area contributed by atoms with Crippen molar-refractivity contribution in [2.24, 2.45) is 0 Å². The first-order valence-electron chi connectivity index (χ1n) is 6.82. The van der Waals surface area contributed by atoms with E-state index in [-0.39, 0.29) is 18.0 Å². The van der Waals surface area contributed by atoms with Gasteiger partial charge in [0.15, 0.2) is 0 Å². The van der Waals surface area contributed by atoms with Crippen molar-refractivity contribution < 1.29 is 18.8 Å². The highest BCUT2D eigenvalue weighted by Crippen LogP contribution is 2.51. The van der Waals surface area contributed by atoms with Crippen LogP contribution in [0.5, 0.6) is 0 Å². The molecule has 1 aliphatic carbocycles. The maximum absolute atomic E-state index is 13.9. The van der Waals surface area contributed by atoms with E-state index in [1.165, 1.54) is 12.1 Å². The summed E-state index contributed by atoms with van der Waals surface area (Å²) >= 11 is 0. The van der Waals surface area contributed by atoms with Crippen LogP contribution in [0.1, 0.15) is 31.7 Å². The van der Waals surface area contributed by atoms with Gasteiger partial charge in [0.2, 0.25) is 12.3 Å². The van der Waals surface area contributed by atoms with Crippen molar-refractivity contribution in [3.05, 3.63) is 29.6 Å². The molecule has 21 heavy (non-hydrogen) atoms. The number of hydrogen-bond donors (Lipinski definition) is 2. The van der Waals surface area contributed by atoms with Crippen LogP contribution in [0.25, 0.3) is 0 Å². The second-order valence-corrected chi connectivity index (χ2v) is 5.15. The molecule has 1 unspecified atom stereocenters. The first-order chi connectivity index (χ1) is 10.1. The molecular weight excluding hydrogens is 275 g/mol. The molecule has 2 rings (SSSR count). The van der Waals surface area contributed by atoms with Crippen molar-refractivity contribution in [1.82, 2.24) is 5.32 Å². The van der Waals surface area contributed by atoms with Gasteiger partial charge in [-0.1, -0.05) is 13.0 Å². The SMILES string of the molecule is CCC(=O)NC(C=O)C1(c2ccc(NC=O)c(F)c2)CC1. The fourth-order valence-corrected chi connectivity index (χ4v) is 2.50. The highest BCUT2D eigenvalue weighted by Gasteiger charge is 2.51. The molecule has 0 spiro atoms. The fourth-order valence-electron chi connectivity index (χ4n) is 2.50. The molecule has 0 bridgehead atoms. The van der Waals surface area contributed by atoms with Crippen molar-refractivity contribution in [1.29, 1.82) is 0 Å². The van der Waals surface area contributed by atoms with E-state index >= 15 is 0 Å². The molecule has 2 N–H and O–H groups in total. The quantitative estimate of drug-likeness (QED) is 0.748. The summed E-state index contributed by atoms with van der Waals surface area (Å²) in [5.41, 5.74) is 0.211. The van der Waals surface area contributed by atoms with Gasteiger partial charge in [0.1, 0.15) is 12.1 Å². The Morgan fingerprint density at radius 3 is 2.62 bits per heavy atom. The third kappa shape index (κ3) is 2.94. The van der Waals surface area contributed by atoms with E-state index in [1.54, 1.807) is 13.0 Å². The summed E-state index contributed by atoms with van der Waals surface area (Å²) in [6.07, 6.45) is 2.81. The normalized spacial score (nSPS) is 16.7. The van der Waals surface area contributed by atoms with Crippen molar-refractivity contribution in [2.45, 2.75) is 37.6 Å². The van der Waals surface area contributed by atoms with Gasteiger partial charge in [0, 0.05) is 11.8 Å². The zero-order valence-electron chi connectivity index (χ0n) is 11.7. The zero-order chi connectivity index (χ0) is 15.5. The minimum atomic E-state index is -0.658. The summed E-state index contributed by atoms with van der Waals surface area (Å²) in [6, 6.07) is 3.79. The second-order valence-electron chi connectivity index (χ2n) is 5.15. The van der Waals surface area contributed by atoms with E-state index < -0.39 is 17.3 Å². The molecule has 0 aliphatic heterocycles. The van der Waals surface area contributed by atoms with E-state index in [4.69, 9.17) is 0 Å². The van der Waals surface area contributed by atoms with Crippen LogP contribution in [0.15, 0.2) is 18.2 Å². The summed E-state index contributed by atoms with van der Waals surface area (Å²) in [4.78, 5) is 33.2. The number of benzene rings is 1. The van der Waals surface area contributed by atoms with Crippen molar-refractivity contribution in [2.75, 3.05) is 5.32 Å². The average molecular weight is 292 g/mol. The Bertz CT molecular complexity index is 570. The third-order valence-corrected chi connectivity index (χ3v) is 3.92. The maximum Gasteiger partial charge on any atom is 0.220 e. The molecule has 1 atom stereocenters. The standard InChI is InChI=1S/C15H17FN2O3/c1-2-14(21)18-13(8-19)15(5-6-15)10-3-4-12(17-9-20)11(16)7-10/h3-4,7-9,13H,2,5-6H2,1H3,(H,17,20)(H,18,21). The summed E-state index contributed by atoms with van der Waals surface area (Å²) < 4.78 is 13.9. The lowest BCUT2D eigenvalue weighted by atomic mass is 9.88. The van der Waals surface area contributed by atoms with E-state index in [0.717, 1.165) is 0 Å². The minimum absolute atomic E-state index is 0.0878. The van der Waals surface area contributed by atoms with Gasteiger partial charge in [-0.2, -0.15) is 0 Å². The molecule has 0 saturated heterocycles. The molecule has 0 radical (unpaired) electrons. The second kappa shape index (κ2) is 6.03. The molecule has 5 nitrogen and oxygen atoms in total. The Balaban J connectivity index is 2.26. The van der Waals surface area contributed by atoms with E-state index in [2.05, 4.69) is 10.6 Å². The Hall–Kier alpha value is -2.24. The smallest absolute Gasteiger partial charge is 0.220 e. The van der Waals surface area contributed by atoms with Gasteiger partial charge in [-0.25, -0.2) is 4.39 Å². The molecule has 1 saturated carbocycles. The first kappa shape index (κ1) is 15.2. The lowest BCUT2D eigenvalue weighted by Gasteiger charge is -2.24. The zero-order valence-corrected chi connectivity index (χ0v) is 11.7. The summed E-state index contributed by atoms with van der Waals surface area (Å²) in [6.45, 7) is 1.70. The number of rotatable bonds is 7. The van der Waals surface area contributed by atoms with Crippen LogP contribution in [-0.4, -0.2) is 24.6 Å². The van der Waals surface area contributed by atoms with Gasteiger partial charge in [-0.05, 0) is 30.5 Å². The van der Waals surface area contributed by atoms with Crippen LogP contribution in [-0.2, 0) is 19.8 Å². The summed E-state index contributed by atoms with van der Waals surface area (Å²) in [5.74, 6) is -0.768.